The van der Waals surface area contributed by atoms with Gasteiger partial charge in [-0.05, 0) is 58.6 Å². The van der Waals surface area contributed by atoms with E-state index in [0.29, 0.717) is 0 Å². The SMILES string of the molecule is Cc1cc(C)c(CNC(C)(C)C)c(N2CCC(C)C2)n1. The molecule has 1 N–H and O–H groups in total. The van der Waals surface area contributed by atoms with E-state index in [2.05, 4.69) is 57.8 Å². The molecule has 2 rings (SSSR count). The second-order valence-electron chi connectivity index (χ2n) is 7.33. The summed E-state index contributed by atoms with van der Waals surface area (Å²) in [7, 11) is 0. The number of rotatable bonds is 3. The van der Waals surface area contributed by atoms with E-state index < -0.39 is 0 Å². The first-order valence-corrected chi connectivity index (χ1v) is 7.73. The number of pyridine rings is 1. The smallest absolute Gasteiger partial charge is 0.133 e. The minimum atomic E-state index is 0.132. The summed E-state index contributed by atoms with van der Waals surface area (Å²) >= 11 is 0. The van der Waals surface area contributed by atoms with E-state index in [4.69, 9.17) is 4.98 Å². The molecule has 0 spiro atoms. The standard InChI is InChI=1S/C17H29N3/c1-12-7-8-20(11-12)16-15(10-18-17(4,5)6)13(2)9-14(3)19-16/h9,12,18H,7-8,10-11H2,1-6H3. The van der Waals surface area contributed by atoms with Gasteiger partial charge in [0.1, 0.15) is 5.82 Å². The van der Waals surface area contributed by atoms with Crippen LogP contribution < -0.4 is 10.2 Å². The van der Waals surface area contributed by atoms with Crippen LogP contribution in [-0.2, 0) is 6.54 Å². The van der Waals surface area contributed by atoms with Gasteiger partial charge < -0.3 is 10.2 Å². The summed E-state index contributed by atoms with van der Waals surface area (Å²) in [6.07, 6.45) is 1.28. The molecule has 1 saturated heterocycles. The summed E-state index contributed by atoms with van der Waals surface area (Å²) in [5.41, 5.74) is 3.97. The molecule has 2 heterocycles. The van der Waals surface area contributed by atoms with E-state index in [9.17, 15) is 0 Å². The van der Waals surface area contributed by atoms with Gasteiger partial charge in [-0.3, -0.25) is 0 Å². The Bertz CT molecular complexity index is 474. The van der Waals surface area contributed by atoms with Crippen molar-refractivity contribution in [2.24, 2.45) is 5.92 Å². The third-order valence-corrected chi connectivity index (χ3v) is 3.97. The lowest BCUT2D eigenvalue weighted by molar-refractivity contribution is 0.423. The van der Waals surface area contributed by atoms with Gasteiger partial charge in [-0.2, -0.15) is 0 Å². The summed E-state index contributed by atoms with van der Waals surface area (Å²) in [5, 5.41) is 3.61. The van der Waals surface area contributed by atoms with Crippen LogP contribution in [0, 0.1) is 19.8 Å². The Morgan fingerprint density at radius 1 is 1.35 bits per heavy atom. The average molecular weight is 275 g/mol. The van der Waals surface area contributed by atoms with Crippen LogP contribution in [0.2, 0.25) is 0 Å². The van der Waals surface area contributed by atoms with Gasteiger partial charge in [-0.1, -0.05) is 6.92 Å². The Morgan fingerprint density at radius 2 is 2.05 bits per heavy atom. The molecule has 0 bridgehead atoms. The Hall–Kier alpha value is -1.09. The van der Waals surface area contributed by atoms with Gasteiger partial charge in [-0.25, -0.2) is 4.98 Å². The van der Waals surface area contributed by atoms with Crippen molar-refractivity contribution in [3.63, 3.8) is 0 Å². The third-order valence-electron chi connectivity index (χ3n) is 3.97. The van der Waals surface area contributed by atoms with Crippen LogP contribution in [0.4, 0.5) is 5.82 Å². The van der Waals surface area contributed by atoms with Crippen LogP contribution in [0.25, 0.3) is 0 Å². The summed E-state index contributed by atoms with van der Waals surface area (Å²) in [6, 6.07) is 2.20. The van der Waals surface area contributed by atoms with Crippen LogP contribution in [-0.4, -0.2) is 23.6 Å². The highest BCUT2D eigenvalue weighted by Crippen LogP contribution is 2.28. The molecule has 0 aliphatic carbocycles. The van der Waals surface area contributed by atoms with Crippen LogP contribution in [0.15, 0.2) is 6.07 Å². The van der Waals surface area contributed by atoms with Crippen molar-refractivity contribution in [2.75, 3.05) is 18.0 Å². The normalized spacial score (nSPS) is 19.7. The molecule has 1 unspecified atom stereocenters. The van der Waals surface area contributed by atoms with Gasteiger partial charge >= 0.3 is 0 Å². The zero-order chi connectivity index (χ0) is 14.9. The predicted molar refractivity (Wildman–Crippen MR) is 86.3 cm³/mol. The van der Waals surface area contributed by atoms with Crippen LogP contribution in [0.1, 0.15) is 50.9 Å². The zero-order valence-corrected chi connectivity index (χ0v) is 13.9. The monoisotopic (exact) mass is 275 g/mol. The molecule has 3 heteroatoms. The number of aromatic nitrogens is 1. The van der Waals surface area contributed by atoms with Crippen molar-refractivity contribution in [3.8, 4) is 0 Å². The molecule has 1 fully saturated rings. The fourth-order valence-corrected chi connectivity index (χ4v) is 2.80. The first-order valence-electron chi connectivity index (χ1n) is 7.73. The van der Waals surface area contributed by atoms with E-state index >= 15 is 0 Å². The van der Waals surface area contributed by atoms with E-state index in [1.165, 1.54) is 23.4 Å². The highest BCUT2D eigenvalue weighted by molar-refractivity contribution is 5.52. The molecule has 1 atom stereocenters. The molecule has 1 aliphatic rings. The Kier molecular flexibility index (Phi) is 4.38. The number of hydrogen-bond donors (Lipinski definition) is 1. The fourth-order valence-electron chi connectivity index (χ4n) is 2.80. The molecular weight excluding hydrogens is 246 g/mol. The van der Waals surface area contributed by atoms with Gasteiger partial charge in [0.2, 0.25) is 0 Å². The molecule has 1 aromatic heterocycles. The first-order chi connectivity index (χ1) is 9.26. The lowest BCUT2D eigenvalue weighted by Crippen LogP contribution is -2.36. The fraction of sp³-hybridized carbons (Fsp3) is 0.706. The topological polar surface area (TPSA) is 28.2 Å². The molecule has 0 saturated carbocycles. The van der Waals surface area contributed by atoms with Crippen molar-refractivity contribution in [3.05, 3.63) is 22.9 Å². The maximum Gasteiger partial charge on any atom is 0.133 e. The van der Waals surface area contributed by atoms with Crippen molar-refractivity contribution in [1.82, 2.24) is 10.3 Å². The maximum atomic E-state index is 4.84. The summed E-state index contributed by atoms with van der Waals surface area (Å²) < 4.78 is 0. The number of hydrogen-bond acceptors (Lipinski definition) is 3. The number of aryl methyl sites for hydroxylation is 2. The van der Waals surface area contributed by atoms with Gasteiger partial charge in [0.25, 0.3) is 0 Å². The lowest BCUT2D eigenvalue weighted by atomic mass is 10.1. The molecule has 0 aromatic carbocycles. The number of nitrogens with one attached hydrogen (secondary N) is 1. The van der Waals surface area contributed by atoms with E-state index in [1.807, 2.05) is 0 Å². The summed E-state index contributed by atoms with van der Waals surface area (Å²) in [6.45, 7) is 16.4. The quantitative estimate of drug-likeness (QED) is 0.916. The van der Waals surface area contributed by atoms with Crippen molar-refractivity contribution >= 4 is 5.82 Å². The minimum absolute atomic E-state index is 0.132. The van der Waals surface area contributed by atoms with Crippen LogP contribution in [0.5, 0.6) is 0 Å². The molecular formula is C17H29N3. The summed E-state index contributed by atoms with van der Waals surface area (Å²) in [4.78, 5) is 7.30. The second-order valence-corrected chi connectivity index (χ2v) is 7.33. The Balaban J connectivity index is 2.29. The van der Waals surface area contributed by atoms with Crippen molar-refractivity contribution in [2.45, 2.75) is 60.0 Å². The highest BCUT2D eigenvalue weighted by atomic mass is 15.2. The van der Waals surface area contributed by atoms with Gasteiger partial charge in [0, 0.05) is 36.4 Å². The third kappa shape index (κ3) is 3.72. The van der Waals surface area contributed by atoms with E-state index in [1.54, 1.807) is 0 Å². The molecule has 3 nitrogen and oxygen atoms in total. The molecule has 1 aromatic rings. The molecule has 0 amide bonds. The molecule has 1 aliphatic heterocycles. The largest absolute Gasteiger partial charge is 0.356 e. The highest BCUT2D eigenvalue weighted by Gasteiger charge is 2.23. The van der Waals surface area contributed by atoms with E-state index in [0.717, 1.165) is 31.2 Å². The van der Waals surface area contributed by atoms with Gasteiger partial charge in [0.15, 0.2) is 0 Å². The minimum Gasteiger partial charge on any atom is -0.356 e. The van der Waals surface area contributed by atoms with Crippen LogP contribution in [0.3, 0.4) is 0 Å². The van der Waals surface area contributed by atoms with Gasteiger partial charge in [-0.15, -0.1) is 0 Å². The summed E-state index contributed by atoms with van der Waals surface area (Å²) in [5.74, 6) is 1.98. The molecule has 112 valence electrons. The number of anilines is 1. The Labute approximate surface area is 123 Å². The van der Waals surface area contributed by atoms with Crippen molar-refractivity contribution in [1.29, 1.82) is 0 Å². The lowest BCUT2D eigenvalue weighted by Gasteiger charge is -2.26. The molecule has 0 radical (unpaired) electrons. The van der Waals surface area contributed by atoms with Crippen molar-refractivity contribution < 1.29 is 0 Å². The first kappa shape index (κ1) is 15.3. The zero-order valence-electron chi connectivity index (χ0n) is 13.9. The van der Waals surface area contributed by atoms with Gasteiger partial charge in [0.05, 0.1) is 0 Å². The van der Waals surface area contributed by atoms with Crippen LogP contribution >= 0.6 is 0 Å². The number of nitrogens with zero attached hydrogens (tertiary/aromatic N) is 2. The van der Waals surface area contributed by atoms with E-state index in [-0.39, 0.29) is 5.54 Å². The Morgan fingerprint density at radius 3 is 2.60 bits per heavy atom. The predicted octanol–water partition coefficient (Wildman–Crippen LogP) is 3.43. The molecule has 20 heavy (non-hydrogen) atoms. The maximum absolute atomic E-state index is 4.84. The second kappa shape index (κ2) is 5.72. The average Bonchev–Trinajstić information content (AvgIpc) is 2.72.